The summed E-state index contributed by atoms with van der Waals surface area (Å²) in [6, 6.07) is 153. The minimum absolute atomic E-state index is 0.631. The predicted molar refractivity (Wildman–Crippen MR) is 496 cm³/mol. The highest BCUT2D eigenvalue weighted by atomic mass is 15.0. The van der Waals surface area contributed by atoms with E-state index in [1.54, 1.807) is 0 Å². The molecule has 0 radical (unpaired) electrons. The van der Waals surface area contributed by atoms with E-state index < -0.39 is 0 Å². The van der Waals surface area contributed by atoms with Gasteiger partial charge < -0.3 is 0 Å². The molecule has 0 saturated heterocycles. The Morgan fingerprint density at radius 3 is 0.775 bits per heavy atom. The molecule has 0 amide bonds. The standard InChI is InChI=1S/2C56H36N4/c1-3-12-37(13-4-1)38-28-32-45(33-29-38)55-58-54(44-15-5-2-6-16-44)59-56(60-55)47-18-11-17-46(36-47)41-24-22-39(23-25-41)40-26-30-43(31-27-40)52-50-21-10-9-20-49(50)51-35-34-42-14-7-8-19-48(42)53(51)57-52;1-3-12-37(13-4-1)38-28-32-44(33-29-38)55-58-54(43-14-5-2-6-15-43)59-56(60-55)48-19-11-18-45(34-48)41-24-22-39(23-25-41)40-26-30-42(31-27-40)53-50-21-10-9-20-49(50)51-35-46-16-7-8-17-47(46)36-52(51)57-53/h2*1-36H. The Kier molecular flexibility index (Phi) is 18.8. The molecule has 4 aromatic heterocycles. The highest BCUT2D eigenvalue weighted by Gasteiger charge is 2.20. The summed E-state index contributed by atoms with van der Waals surface area (Å²) in [7, 11) is 0. The van der Waals surface area contributed by atoms with Crippen LogP contribution in [0, 0.1) is 0 Å². The van der Waals surface area contributed by atoms with Crippen molar-refractivity contribution in [1.82, 2.24) is 39.9 Å². The molecule has 0 N–H and O–H groups in total. The Bertz CT molecular complexity index is 7510. The van der Waals surface area contributed by atoms with E-state index in [2.05, 4.69) is 364 Å². The molecule has 0 bridgehead atoms. The van der Waals surface area contributed by atoms with Gasteiger partial charge >= 0.3 is 0 Å². The lowest BCUT2D eigenvalue weighted by Gasteiger charge is -2.12. The number of hydrogen-bond acceptors (Lipinski definition) is 8. The first-order valence-corrected chi connectivity index (χ1v) is 40.4. The third-order valence-electron chi connectivity index (χ3n) is 22.7. The number of benzene rings is 18. The summed E-state index contributed by atoms with van der Waals surface area (Å²) in [6.07, 6.45) is 0. The van der Waals surface area contributed by atoms with Gasteiger partial charge in [0, 0.05) is 71.4 Å². The van der Waals surface area contributed by atoms with Crippen LogP contribution >= 0.6 is 0 Å². The summed E-state index contributed by atoms with van der Waals surface area (Å²) in [5.74, 6) is 3.82. The smallest absolute Gasteiger partial charge is 0.164 e. The van der Waals surface area contributed by atoms with Crippen LogP contribution in [0.3, 0.4) is 0 Å². The molecule has 18 aromatic carbocycles. The van der Waals surface area contributed by atoms with E-state index in [0.29, 0.717) is 34.9 Å². The molecule has 560 valence electrons. The van der Waals surface area contributed by atoms with E-state index in [1.165, 1.54) is 54.2 Å². The lowest BCUT2D eigenvalue weighted by molar-refractivity contribution is 1.07. The molecule has 0 atom stereocenters. The van der Waals surface area contributed by atoms with Gasteiger partial charge in [0.25, 0.3) is 0 Å². The molecule has 4 heterocycles. The first kappa shape index (κ1) is 71.6. The van der Waals surface area contributed by atoms with Crippen molar-refractivity contribution in [2.45, 2.75) is 0 Å². The topological polar surface area (TPSA) is 103 Å². The lowest BCUT2D eigenvalue weighted by Crippen LogP contribution is -2.00. The number of pyridine rings is 2. The Labute approximate surface area is 694 Å². The van der Waals surface area contributed by atoms with Crippen molar-refractivity contribution >= 4 is 64.9 Å². The van der Waals surface area contributed by atoms with E-state index in [-0.39, 0.29) is 0 Å². The lowest BCUT2D eigenvalue weighted by atomic mass is 9.95. The van der Waals surface area contributed by atoms with Crippen molar-refractivity contribution in [2.24, 2.45) is 0 Å². The fourth-order valence-electron chi connectivity index (χ4n) is 16.4. The molecular weight excluding hydrogens is 1460 g/mol. The maximum Gasteiger partial charge on any atom is 0.164 e. The second kappa shape index (κ2) is 31.6. The van der Waals surface area contributed by atoms with Crippen molar-refractivity contribution in [3.05, 3.63) is 437 Å². The first-order chi connectivity index (χ1) is 59.4. The van der Waals surface area contributed by atoms with Crippen molar-refractivity contribution in [3.63, 3.8) is 0 Å². The zero-order chi connectivity index (χ0) is 79.7. The normalized spacial score (nSPS) is 11.3. The highest BCUT2D eigenvalue weighted by molar-refractivity contribution is 6.18. The summed E-state index contributed by atoms with van der Waals surface area (Å²) in [6.45, 7) is 0. The minimum Gasteiger partial charge on any atom is -0.247 e. The van der Waals surface area contributed by atoms with Crippen molar-refractivity contribution < 1.29 is 0 Å². The molecular formula is C112H72N8. The Morgan fingerprint density at radius 2 is 0.375 bits per heavy atom. The van der Waals surface area contributed by atoms with Crippen molar-refractivity contribution in [1.29, 1.82) is 0 Å². The Hall–Kier alpha value is -16.2. The van der Waals surface area contributed by atoms with Crippen molar-refractivity contribution in [2.75, 3.05) is 0 Å². The van der Waals surface area contributed by atoms with Gasteiger partial charge in [-0.3, -0.25) is 0 Å². The SMILES string of the molecule is c1ccc(-c2ccc(-c3nc(-c4ccccc4)nc(-c4cccc(-c5ccc(-c6ccc(-c7nc8c9ccccc9ccc8c8ccccc78)cc6)cc5)c4)n3)cc2)cc1.c1ccc(-c2ccc(-c3nc(-c4ccccc4)nc(-c4cccc(-c5ccc(-c6ccc(-c7nc8cc9ccccc9cc8c8ccccc78)cc6)cc5)c4)n3)cc2)cc1. The molecule has 0 aliphatic rings. The largest absolute Gasteiger partial charge is 0.247 e. The summed E-state index contributed by atoms with van der Waals surface area (Å²) >= 11 is 0. The van der Waals surface area contributed by atoms with Gasteiger partial charge in [-0.1, -0.05) is 413 Å². The maximum absolute atomic E-state index is 5.32. The molecule has 0 aliphatic carbocycles. The summed E-state index contributed by atoms with van der Waals surface area (Å²) in [5, 5.41) is 11.9. The second-order valence-corrected chi connectivity index (χ2v) is 30.1. The van der Waals surface area contributed by atoms with Crippen LogP contribution in [0.5, 0.6) is 0 Å². The van der Waals surface area contributed by atoms with Gasteiger partial charge in [-0.2, -0.15) is 0 Å². The zero-order valence-electron chi connectivity index (χ0n) is 65.1. The number of nitrogens with zero attached hydrogens (tertiary/aromatic N) is 8. The number of hydrogen-bond donors (Lipinski definition) is 0. The number of rotatable bonds is 14. The van der Waals surface area contributed by atoms with Gasteiger partial charge in [0.15, 0.2) is 34.9 Å². The zero-order valence-corrected chi connectivity index (χ0v) is 65.1. The summed E-state index contributed by atoms with van der Waals surface area (Å²) in [5.41, 5.74) is 25.5. The van der Waals surface area contributed by atoms with Crippen LogP contribution in [0.15, 0.2) is 437 Å². The average Bonchev–Trinajstić information content (AvgIpc) is 0.750. The third kappa shape index (κ3) is 14.3. The van der Waals surface area contributed by atoms with Crippen molar-refractivity contribution in [3.8, 4) is 158 Å². The van der Waals surface area contributed by atoms with Crippen LogP contribution in [0.2, 0.25) is 0 Å². The monoisotopic (exact) mass is 1530 g/mol. The molecule has 22 rings (SSSR count). The average molecular weight is 1530 g/mol. The fourth-order valence-corrected chi connectivity index (χ4v) is 16.4. The third-order valence-corrected chi connectivity index (χ3v) is 22.7. The predicted octanol–water partition coefficient (Wildman–Crippen LogP) is 28.8. The molecule has 0 spiro atoms. The van der Waals surface area contributed by atoms with Gasteiger partial charge in [0.2, 0.25) is 0 Å². The van der Waals surface area contributed by atoms with Crippen LogP contribution in [0.4, 0.5) is 0 Å². The van der Waals surface area contributed by atoms with E-state index >= 15 is 0 Å². The highest BCUT2D eigenvalue weighted by Crippen LogP contribution is 2.41. The molecule has 0 unspecified atom stereocenters. The molecule has 0 saturated carbocycles. The molecule has 8 heteroatoms. The van der Waals surface area contributed by atoms with Crippen LogP contribution in [0.25, 0.3) is 222 Å². The summed E-state index contributed by atoms with van der Waals surface area (Å²) < 4.78 is 0. The van der Waals surface area contributed by atoms with Gasteiger partial charge in [-0.15, -0.1) is 0 Å². The van der Waals surface area contributed by atoms with E-state index in [0.717, 1.165) is 133 Å². The molecule has 120 heavy (non-hydrogen) atoms. The van der Waals surface area contributed by atoms with Gasteiger partial charge in [0.05, 0.1) is 22.4 Å². The minimum atomic E-state index is 0.631. The number of fused-ring (bicyclic) bond motifs is 9. The van der Waals surface area contributed by atoms with Gasteiger partial charge in [-0.05, 0) is 118 Å². The van der Waals surface area contributed by atoms with E-state index in [4.69, 9.17) is 39.9 Å². The summed E-state index contributed by atoms with van der Waals surface area (Å²) in [4.78, 5) is 40.5. The molecule has 0 aliphatic heterocycles. The molecule has 22 aromatic rings. The Morgan fingerprint density at radius 1 is 0.117 bits per heavy atom. The van der Waals surface area contributed by atoms with Gasteiger partial charge in [-0.25, -0.2) is 39.9 Å². The van der Waals surface area contributed by atoms with E-state index in [9.17, 15) is 0 Å². The van der Waals surface area contributed by atoms with Crippen LogP contribution in [-0.2, 0) is 0 Å². The maximum atomic E-state index is 5.32. The quantitative estimate of drug-likeness (QED) is 0.0784. The molecule has 0 fully saturated rings. The second-order valence-electron chi connectivity index (χ2n) is 30.1. The van der Waals surface area contributed by atoms with Gasteiger partial charge in [0.1, 0.15) is 0 Å². The van der Waals surface area contributed by atoms with Crippen LogP contribution in [0.1, 0.15) is 0 Å². The van der Waals surface area contributed by atoms with Crippen LogP contribution in [-0.4, -0.2) is 39.9 Å². The number of aromatic nitrogens is 8. The van der Waals surface area contributed by atoms with Crippen LogP contribution < -0.4 is 0 Å². The first-order valence-electron chi connectivity index (χ1n) is 40.4. The molecule has 8 nitrogen and oxygen atoms in total. The Balaban J connectivity index is 0.000000148. The fraction of sp³-hybridized carbons (Fsp3) is 0. The van der Waals surface area contributed by atoms with E-state index in [1.807, 2.05) is 72.8 Å².